The molecule has 5 heterocycles. The third kappa shape index (κ3) is 3.29. The maximum absolute atomic E-state index is 10.7. The quantitative estimate of drug-likeness (QED) is 0.396. The van der Waals surface area contributed by atoms with Gasteiger partial charge in [0.05, 0.1) is 42.7 Å². The molecule has 8 heteroatoms. The molecule has 0 spiro atoms. The number of morpholine rings is 1. The minimum atomic E-state index is -0.757. The molecule has 0 amide bonds. The van der Waals surface area contributed by atoms with Crippen molar-refractivity contribution in [3.63, 3.8) is 0 Å². The van der Waals surface area contributed by atoms with E-state index in [4.69, 9.17) is 9.72 Å². The van der Waals surface area contributed by atoms with Gasteiger partial charge in [-0.2, -0.15) is 0 Å². The molecule has 0 aliphatic carbocycles. The number of nitrogens with zero attached hydrogens (tertiary/aromatic N) is 3. The number of ether oxygens (including phenoxy) is 1. The smallest absolute Gasteiger partial charge is 0.133 e. The van der Waals surface area contributed by atoms with Crippen LogP contribution >= 0.6 is 0 Å². The van der Waals surface area contributed by atoms with Gasteiger partial charge in [-0.3, -0.25) is 10.3 Å². The van der Waals surface area contributed by atoms with Crippen LogP contribution in [0, 0.1) is 0 Å². The van der Waals surface area contributed by atoms with Crippen molar-refractivity contribution in [3.05, 3.63) is 66.1 Å². The number of hydrogen-bond donors (Lipinski definition) is 4. The predicted octanol–water partition coefficient (Wildman–Crippen LogP) is 3.30. The third-order valence-electron chi connectivity index (χ3n) is 6.20. The summed E-state index contributed by atoms with van der Waals surface area (Å²) in [4.78, 5) is 14.9. The highest BCUT2D eigenvalue weighted by molar-refractivity contribution is 5.95. The van der Waals surface area contributed by atoms with Crippen molar-refractivity contribution in [1.82, 2.24) is 20.3 Å². The number of hydrogen-bond acceptors (Lipinski definition) is 7. The van der Waals surface area contributed by atoms with Gasteiger partial charge in [0.25, 0.3) is 0 Å². The monoisotopic (exact) mass is 428 g/mol. The van der Waals surface area contributed by atoms with E-state index in [1.54, 1.807) is 6.20 Å². The molecule has 6 rings (SSSR count). The number of fused-ring (bicyclic) bond motifs is 2. The summed E-state index contributed by atoms with van der Waals surface area (Å²) in [5, 5.41) is 18.3. The van der Waals surface area contributed by atoms with E-state index in [-0.39, 0.29) is 0 Å². The second-order valence-electron chi connectivity index (χ2n) is 8.07. The van der Waals surface area contributed by atoms with E-state index in [9.17, 15) is 5.11 Å². The van der Waals surface area contributed by atoms with E-state index in [1.807, 2.05) is 36.7 Å². The van der Waals surface area contributed by atoms with Crippen molar-refractivity contribution in [2.24, 2.45) is 0 Å². The van der Waals surface area contributed by atoms with Crippen LogP contribution in [0.3, 0.4) is 0 Å². The van der Waals surface area contributed by atoms with Crippen LogP contribution in [-0.2, 0) is 11.3 Å². The molecule has 0 saturated carbocycles. The lowest BCUT2D eigenvalue weighted by atomic mass is 10.0. The lowest BCUT2D eigenvalue weighted by Gasteiger charge is -2.28. The van der Waals surface area contributed by atoms with Crippen molar-refractivity contribution >= 4 is 28.1 Å². The first-order valence-corrected chi connectivity index (χ1v) is 10.8. The second kappa shape index (κ2) is 7.90. The lowest BCUT2D eigenvalue weighted by molar-refractivity contribution is 0.122. The van der Waals surface area contributed by atoms with E-state index in [2.05, 4.69) is 37.6 Å². The van der Waals surface area contributed by atoms with E-state index in [0.717, 1.165) is 71.0 Å². The first-order chi connectivity index (χ1) is 15.8. The van der Waals surface area contributed by atoms with Crippen LogP contribution in [0.2, 0.25) is 0 Å². The number of aromatic amines is 1. The number of aliphatic hydroxyl groups excluding tert-OH is 1. The van der Waals surface area contributed by atoms with Crippen molar-refractivity contribution in [3.8, 4) is 11.3 Å². The van der Waals surface area contributed by atoms with Gasteiger partial charge in [0.1, 0.15) is 12.0 Å². The molecular weight excluding hydrogens is 404 g/mol. The number of H-pyrrole nitrogens is 1. The lowest BCUT2D eigenvalue weighted by Crippen LogP contribution is -2.36. The van der Waals surface area contributed by atoms with Gasteiger partial charge in [-0.25, -0.2) is 4.98 Å². The standard InChI is InChI=1S/C24H24N6O2/c31-24-22-18(13-28-24)23(17-12-25-19-4-2-1-3-16(17)19)27-14-20(22)29-21-6-5-15(11-26-21)30-7-9-32-10-8-30/h1-6,11-12,14,24-25,28,31H,7-10,13H2,(H,26,29). The fourth-order valence-corrected chi connectivity index (χ4v) is 4.56. The van der Waals surface area contributed by atoms with Crippen molar-refractivity contribution in [2.75, 3.05) is 36.5 Å². The Morgan fingerprint density at radius 2 is 1.94 bits per heavy atom. The number of anilines is 3. The number of aromatic nitrogens is 3. The molecular formula is C24H24N6O2. The molecule has 1 aromatic carbocycles. The second-order valence-corrected chi connectivity index (χ2v) is 8.07. The van der Waals surface area contributed by atoms with Crippen LogP contribution < -0.4 is 15.5 Å². The molecule has 1 saturated heterocycles. The zero-order valence-corrected chi connectivity index (χ0v) is 17.5. The normalized spacial score (nSPS) is 18.2. The van der Waals surface area contributed by atoms with E-state index in [1.165, 1.54) is 0 Å². The first-order valence-electron chi connectivity index (χ1n) is 10.8. The van der Waals surface area contributed by atoms with E-state index < -0.39 is 6.23 Å². The van der Waals surface area contributed by atoms with Crippen molar-refractivity contribution in [2.45, 2.75) is 12.8 Å². The van der Waals surface area contributed by atoms with Crippen LogP contribution in [0.4, 0.5) is 17.2 Å². The minimum Gasteiger partial charge on any atom is -0.378 e. The molecule has 1 unspecified atom stereocenters. The predicted molar refractivity (Wildman–Crippen MR) is 124 cm³/mol. The van der Waals surface area contributed by atoms with Gasteiger partial charge < -0.3 is 25.0 Å². The Morgan fingerprint density at radius 1 is 1.06 bits per heavy atom. The Balaban J connectivity index is 1.33. The topological polar surface area (TPSA) is 98.3 Å². The molecule has 162 valence electrons. The van der Waals surface area contributed by atoms with Gasteiger partial charge in [0, 0.05) is 53.4 Å². The molecule has 2 aliphatic heterocycles. The van der Waals surface area contributed by atoms with Crippen LogP contribution in [0.25, 0.3) is 22.2 Å². The highest BCUT2D eigenvalue weighted by Crippen LogP contribution is 2.39. The van der Waals surface area contributed by atoms with E-state index in [0.29, 0.717) is 12.4 Å². The van der Waals surface area contributed by atoms with Gasteiger partial charge >= 0.3 is 0 Å². The van der Waals surface area contributed by atoms with Gasteiger partial charge in [-0.05, 0) is 18.2 Å². The fourth-order valence-electron chi connectivity index (χ4n) is 4.56. The molecule has 4 aromatic rings. The summed E-state index contributed by atoms with van der Waals surface area (Å²) < 4.78 is 5.42. The number of aliphatic hydroxyl groups is 1. The molecule has 1 fully saturated rings. The van der Waals surface area contributed by atoms with Crippen LogP contribution in [0.1, 0.15) is 17.4 Å². The summed E-state index contributed by atoms with van der Waals surface area (Å²) in [6.07, 6.45) is 4.88. The van der Waals surface area contributed by atoms with Crippen LogP contribution in [0.5, 0.6) is 0 Å². The maximum Gasteiger partial charge on any atom is 0.133 e. The zero-order valence-electron chi connectivity index (χ0n) is 17.5. The first kappa shape index (κ1) is 19.2. The summed E-state index contributed by atoms with van der Waals surface area (Å²) in [5.41, 5.74) is 6.63. The Hall–Kier alpha value is -3.46. The average molecular weight is 428 g/mol. The van der Waals surface area contributed by atoms with Crippen LogP contribution in [0.15, 0.2) is 55.0 Å². The molecule has 32 heavy (non-hydrogen) atoms. The molecule has 4 N–H and O–H groups in total. The number of pyridine rings is 2. The zero-order chi connectivity index (χ0) is 21.5. The molecule has 3 aromatic heterocycles. The Kier molecular flexibility index (Phi) is 4.75. The highest BCUT2D eigenvalue weighted by Gasteiger charge is 2.28. The van der Waals surface area contributed by atoms with Gasteiger partial charge in [-0.15, -0.1) is 0 Å². The third-order valence-corrected chi connectivity index (χ3v) is 6.20. The Bertz CT molecular complexity index is 1260. The number of benzene rings is 1. The minimum absolute atomic E-state index is 0.553. The Labute approximate surface area is 185 Å². The largest absolute Gasteiger partial charge is 0.378 e. The Morgan fingerprint density at radius 3 is 2.78 bits per heavy atom. The summed E-state index contributed by atoms with van der Waals surface area (Å²) in [6.45, 7) is 3.78. The maximum atomic E-state index is 10.7. The molecule has 0 radical (unpaired) electrons. The fraction of sp³-hybridized carbons (Fsp3) is 0.250. The summed E-state index contributed by atoms with van der Waals surface area (Å²) in [6, 6.07) is 12.2. The number of rotatable bonds is 4. The van der Waals surface area contributed by atoms with Gasteiger partial charge in [-0.1, -0.05) is 18.2 Å². The SMILES string of the molecule is OC1NCc2c(-c3c[nH]c4ccccc34)ncc(Nc3ccc(N4CCOCC4)cn3)c21. The van der Waals surface area contributed by atoms with E-state index >= 15 is 0 Å². The highest BCUT2D eigenvalue weighted by atomic mass is 16.5. The molecule has 0 bridgehead atoms. The van der Waals surface area contributed by atoms with Crippen molar-refractivity contribution in [1.29, 1.82) is 0 Å². The van der Waals surface area contributed by atoms with Crippen molar-refractivity contribution < 1.29 is 9.84 Å². The summed E-state index contributed by atoms with van der Waals surface area (Å²) >= 11 is 0. The van der Waals surface area contributed by atoms with Gasteiger partial charge in [0.15, 0.2) is 0 Å². The molecule has 8 nitrogen and oxygen atoms in total. The summed E-state index contributed by atoms with van der Waals surface area (Å²) in [5.74, 6) is 0.713. The number of para-hydroxylation sites is 1. The average Bonchev–Trinajstić information content (AvgIpc) is 3.45. The molecule has 2 aliphatic rings. The molecule has 1 atom stereocenters. The summed E-state index contributed by atoms with van der Waals surface area (Å²) in [7, 11) is 0. The van der Waals surface area contributed by atoms with Crippen LogP contribution in [-0.4, -0.2) is 46.4 Å². The number of nitrogens with one attached hydrogen (secondary N) is 3. The van der Waals surface area contributed by atoms with Gasteiger partial charge in [0.2, 0.25) is 0 Å².